The number of rotatable bonds is 4. The van der Waals surface area contributed by atoms with Gasteiger partial charge in [-0.25, -0.2) is 12.8 Å². The van der Waals surface area contributed by atoms with E-state index in [-0.39, 0.29) is 17.0 Å². The summed E-state index contributed by atoms with van der Waals surface area (Å²) in [5.41, 5.74) is 1.74. The largest absolute Gasteiger partial charge is 0.323 e. The molecule has 0 heterocycles. The Labute approximate surface area is 128 Å². The van der Waals surface area contributed by atoms with E-state index < -0.39 is 21.6 Å². The fraction of sp³-hybridized carbons (Fsp3) is 0.188. The van der Waals surface area contributed by atoms with Gasteiger partial charge >= 0.3 is 0 Å². The smallest absolute Gasteiger partial charge is 0.228 e. The van der Waals surface area contributed by atoms with Crippen molar-refractivity contribution in [2.45, 2.75) is 18.2 Å². The number of carbonyl (C=O) groups excluding carboxylic acids is 1. The van der Waals surface area contributed by atoms with Crippen molar-refractivity contribution < 1.29 is 17.6 Å². The van der Waals surface area contributed by atoms with Crippen molar-refractivity contribution >= 4 is 21.4 Å². The molecule has 0 radical (unpaired) electrons. The van der Waals surface area contributed by atoms with Gasteiger partial charge < -0.3 is 5.32 Å². The summed E-state index contributed by atoms with van der Waals surface area (Å²) in [5.74, 6) is -1.09. The lowest BCUT2D eigenvalue weighted by molar-refractivity contribution is -0.115. The number of amides is 1. The second-order valence-electron chi connectivity index (χ2n) is 5.12. The molecule has 0 aliphatic carbocycles. The first-order chi connectivity index (χ1) is 10.3. The Kier molecular flexibility index (Phi) is 4.61. The lowest BCUT2D eigenvalue weighted by atomic mass is 10.1. The molecule has 0 bridgehead atoms. The van der Waals surface area contributed by atoms with Crippen LogP contribution in [0.15, 0.2) is 47.4 Å². The molecular weight excluding hydrogens is 305 g/mol. The van der Waals surface area contributed by atoms with Gasteiger partial charge in [-0.2, -0.15) is 0 Å². The molecule has 0 saturated carbocycles. The maximum Gasteiger partial charge on any atom is 0.228 e. The van der Waals surface area contributed by atoms with Gasteiger partial charge in [0.25, 0.3) is 0 Å². The summed E-state index contributed by atoms with van der Waals surface area (Å²) in [4.78, 5) is 11.9. The van der Waals surface area contributed by atoms with Gasteiger partial charge in [-0.05, 0) is 30.7 Å². The summed E-state index contributed by atoms with van der Waals surface area (Å²) in [7, 11) is -3.46. The van der Waals surface area contributed by atoms with Crippen molar-refractivity contribution in [2.75, 3.05) is 11.6 Å². The fourth-order valence-electron chi connectivity index (χ4n) is 1.92. The summed E-state index contributed by atoms with van der Waals surface area (Å²) in [6.45, 7) is 1.94. The van der Waals surface area contributed by atoms with Gasteiger partial charge in [-0.3, -0.25) is 4.79 Å². The zero-order valence-electron chi connectivity index (χ0n) is 12.3. The average molecular weight is 321 g/mol. The quantitative estimate of drug-likeness (QED) is 0.881. The minimum Gasteiger partial charge on any atom is -0.323 e. The van der Waals surface area contributed by atoms with Crippen LogP contribution in [0.25, 0.3) is 0 Å². The number of benzene rings is 2. The predicted molar refractivity (Wildman–Crippen MR) is 83.0 cm³/mol. The first-order valence-electron chi connectivity index (χ1n) is 6.61. The summed E-state index contributed by atoms with van der Waals surface area (Å²) >= 11 is 0. The standard InChI is InChI=1S/C16H16FNO3S/c1-11-3-5-12(6-4-11)9-16(19)18-15-10-13(22(2,20)21)7-8-14(15)17/h3-8,10H,9H2,1-2H3,(H,18,19). The van der Waals surface area contributed by atoms with Crippen LogP contribution in [-0.4, -0.2) is 20.6 Å². The molecule has 6 heteroatoms. The van der Waals surface area contributed by atoms with Crippen LogP contribution in [0.4, 0.5) is 10.1 Å². The van der Waals surface area contributed by atoms with Crippen LogP contribution in [0.5, 0.6) is 0 Å². The number of carbonyl (C=O) groups is 1. The van der Waals surface area contributed by atoms with Crippen LogP contribution in [-0.2, 0) is 21.1 Å². The molecule has 0 spiro atoms. The van der Waals surface area contributed by atoms with E-state index in [4.69, 9.17) is 0 Å². The highest BCUT2D eigenvalue weighted by Gasteiger charge is 2.13. The molecule has 116 valence electrons. The highest BCUT2D eigenvalue weighted by molar-refractivity contribution is 7.90. The maximum atomic E-state index is 13.7. The molecule has 2 aromatic rings. The minimum atomic E-state index is -3.46. The van der Waals surface area contributed by atoms with Crippen LogP contribution >= 0.6 is 0 Å². The van der Waals surface area contributed by atoms with Crippen molar-refractivity contribution in [3.63, 3.8) is 0 Å². The van der Waals surface area contributed by atoms with Gasteiger partial charge in [0.15, 0.2) is 9.84 Å². The first kappa shape index (κ1) is 16.2. The zero-order valence-corrected chi connectivity index (χ0v) is 13.1. The van der Waals surface area contributed by atoms with E-state index in [1.165, 1.54) is 6.07 Å². The Morgan fingerprint density at radius 1 is 1.14 bits per heavy atom. The third kappa shape index (κ3) is 4.14. The van der Waals surface area contributed by atoms with Crippen molar-refractivity contribution in [2.24, 2.45) is 0 Å². The molecule has 0 saturated heterocycles. The third-order valence-electron chi connectivity index (χ3n) is 3.13. The number of aryl methyl sites for hydroxylation is 1. The molecule has 2 rings (SSSR count). The van der Waals surface area contributed by atoms with E-state index in [0.29, 0.717) is 0 Å². The van der Waals surface area contributed by atoms with Crippen molar-refractivity contribution in [1.29, 1.82) is 0 Å². The second-order valence-corrected chi connectivity index (χ2v) is 7.14. The Balaban J connectivity index is 2.16. The Morgan fingerprint density at radius 3 is 2.36 bits per heavy atom. The molecular formula is C16H16FNO3S. The monoisotopic (exact) mass is 321 g/mol. The summed E-state index contributed by atoms with van der Waals surface area (Å²) in [6.07, 6.45) is 1.11. The van der Waals surface area contributed by atoms with E-state index in [0.717, 1.165) is 29.5 Å². The molecule has 0 aliphatic rings. The third-order valence-corrected chi connectivity index (χ3v) is 4.24. The molecule has 1 N–H and O–H groups in total. The Hall–Kier alpha value is -2.21. The first-order valence-corrected chi connectivity index (χ1v) is 8.50. The van der Waals surface area contributed by atoms with E-state index in [9.17, 15) is 17.6 Å². The Morgan fingerprint density at radius 2 is 1.77 bits per heavy atom. The van der Waals surface area contributed by atoms with Crippen LogP contribution < -0.4 is 5.32 Å². The maximum absolute atomic E-state index is 13.7. The minimum absolute atomic E-state index is 0.0421. The molecule has 0 atom stereocenters. The number of halogens is 1. The van der Waals surface area contributed by atoms with Crippen LogP contribution in [0, 0.1) is 12.7 Å². The van der Waals surface area contributed by atoms with Crippen molar-refractivity contribution in [3.8, 4) is 0 Å². The SMILES string of the molecule is Cc1ccc(CC(=O)Nc2cc(S(C)(=O)=O)ccc2F)cc1. The van der Waals surface area contributed by atoms with Gasteiger partial charge in [0.2, 0.25) is 5.91 Å². The van der Waals surface area contributed by atoms with E-state index in [1.807, 2.05) is 31.2 Å². The summed E-state index contributed by atoms with van der Waals surface area (Å²) < 4.78 is 36.6. The van der Waals surface area contributed by atoms with Gasteiger partial charge in [0.05, 0.1) is 17.0 Å². The molecule has 0 aromatic heterocycles. The highest BCUT2D eigenvalue weighted by Crippen LogP contribution is 2.20. The number of hydrogen-bond donors (Lipinski definition) is 1. The van der Waals surface area contributed by atoms with Crippen LogP contribution in [0.3, 0.4) is 0 Å². The molecule has 0 unspecified atom stereocenters. The lowest BCUT2D eigenvalue weighted by Crippen LogP contribution is -2.15. The number of anilines is 1. The summed E-state index contributed by atoms with van der Waals surface area (Å²) in [6, 6.07) is 10.7. The summed E-state index contributed by atoms with van der Waals surface area (Å²) in [5, 5.41) is 2.41. The molecule has 22 heavy (non-hydrogen) atoms. The normalized spacial score (nSPS) is 11.2. The van der Waals surface area contributed by atoms with Crippen LogP contribution in [0.1, 0.15) is 11.1 Å². The lowest BCUT2D eigenvalue weighted by Gasteiger charge is -2.08. The average Bonchev–Trinajstić information content (AvgIpc) is 2.42. The zero-order chi connectivity index (χ0) is 16.3. The van der Waals surface area contributed by atoms with Crippen LogP contribution in [0.2, 0.25) is 0 Å². The fourth-order valence-corrected chi connectivity index (χ4v) is 2.56. The topological polar surface area (TPSA) is 63.2 Å². The van der Waals surface area contributed by atoms with Gasteiger partial charge in [-0.1, -0.05) is 29.8 Å². The highest BCUT2D eigenvalue weighted by atomic mass is 32.2. The van der Waals surface area contributed by atoms with Gasteiger partial charge in [-0.15, -0.1) is 0 Å². The Bertz CT molecular complexity index is 799. The van der Waals surface area contributed by atoms with Crippen molar-refractivity contribution in [1.82, 2.24) is 0 Å². The van der Waals surface area contributed by atoms with Gasteiger partial charge in [0.1, 0.15) is 5.82 Å². The number of nitrogens with one attached hydrogen (secondary N) is 1. The second kappa shape index (κ2) is 6.27. The predicted octanol–water partition coefficient (Wildman–Crippen LogP) is 2.72. The van der Waals surface area contributed by atoms with E-state index >= 15 is 0 Å². The number of sulfone groups is 1. The van der Waals surface area contributed by atoms with E-state index in [1.54, 1.807) is 0 Å². The molecule has 1 amide bonds. The molecule has 2 aromatic carbocycles. The molecule has 0 fully saturated rings. The van der Waals surface area contributed by atoms with Gasteiger partial charge in [0, 0.05) is 6.26 Å². The molecule has 0 aliphatic heterocycles. The molecule has 4 nitrogen and oxygen atoms in total. The van der Waals surface area contributed by atoms with Crippen molar-refractivity contribution in [3.05, 3.63) is 59.4 Å². The number of hydrogen-bond acceptors (Lipinski definition) is 3. The van der Waals surface area contributed by atoms with E-state index in [2.05, 4.69) is 5.32 Å².